The van der Waals surface area contributed by atoms with Gasteiger partial charge in [-0.25, -0.2) is 0 Å². The van der Waals surface area contributed by atoms with Crippen molar-refractivity contribution in [2.45, 2.75) is 19.9 Å². The van der Waals surface area contributed by atoms with Crippen molar-refractivity contribution in [3.05, 3.63) is 23.8 Å². The molecule has 0 heterocycles. The molecule has 0 unspecified atom stereocenters. The number of nitrogens with two attached hydrogens (primary N) is 1. The van der Waals surface area contributed by atoms with E-state index in [1.54, 1.807) is 7.11 Å². The summed E-state index contributed by atoms with van der Waals surface area (Å²) in [6, 6.07) is 5.74. The van der Waals surface area contributed by atoms with Crippen LogP contribution in [-0.4, -0.2) is 40.1 Å². The van der Waals surface area contributed by atoms with Gasteiger partial charge in [0.15, 0.2) is 0 Å². The summed E-state index contributed by atoms with van der Waals surface area (Å²) in [6.45, 7) is 5.37. The van der Waals surface area contributed by atoms with E-state index in [0.29, 0.717) is 39.6 Å². The molecule has 0 aliphatic heterocycles. The largest absolute Gasteiger partial charge is 0.493 e. The number of ether oxygens (including phenoxy) is 4. The molecule has 0 spiro atoms. The second kappa shape index (κ2) is 10.5. The first kappa shape index (κ1) is 16.8. The van der Waals surface area contributed by atoms with Gasteiger partial charge in [0, 0.05) is 25.3 Å². The van der Waals surface area contributed by atoms with Gasteiger partial charge in [-0.3, -0.25) is 0 Å². The van der Waals surface area contributed by atoms with E-state index in [9.17, 15) is 0 Å². The molecular formula is C15H25NO4. The molecule has 5 heteroatoms. The maximum atomic E-state index is 5.70. The zero-order chi connectivity index (χ0) is 14.6. The monoisotopic (exact) mass is 283 g/mol. The third-order valence-electron chi connectivity index (χ3n) is 2.65. The van der Waals surface area contributed by atoms with Crippen LogP contribution in [0.25, 0.3) is 0 Å². The Hall–Kier alpha value is -1.30. The van der Waals surface area contributed by atoms with Crippen molar-refractivity contribution in [2.75, 3.05) is 40.1 Å². The molecule has 0 radical (unpaired) electrons. The van der Waals surface area contributed by atoms with Gasteiger partial charge in [0.1, 0.15) is 18.1 Å². The van der Waals surface area contributed by atoms with E-state index in [0.717, 1.165) is 23.5 Å². The third kappa shape index (κ3) is 6.23. The molecule has 5 nitrogen and oxygen atoms in total. The van der Waals surface area contributed by atoms with Crippen LogP contribution in [0.1, 0.15) is 18.9 Å². The quantitative estimate of drug-likeness (QED) is 0.629. The van der Waals surface area contributed by atoms with Gasteiger partial charge in [0.25, 0.3) is 0 Å². The van der Waals surface area contributed by atoms with E-state index in [1.165, 1.54) is 0 Å². The first-order valence-electron chi connectivity index (χ1n) is 6.97. The van der Waals surface area contributed by atoms with E-state index in [4.69, 9.17) is 24.7 Å². The molecular weight excluding hydrogens is 258 g/mol. The molecule has 0 atom stereocenters. The van der Waals surface area contributed by atoms with Crippen molar-refractivity contribution in [2.24, 2.45) is 5.73 Å². The molecule has 1 aromatic rings. The van der Waals surface area contributed by atoms with E-state index >= 15 is 0 Å². The summed E-state index contributed by atoms with van der Waals surface area (Å²) in [7, 11) is 1.65. The topological polar surface area (TPSA) is 62.9 Å². The summed E-state index contributed by atoms with van der Waals surface area (Å²) >= 11 is 0. The number of methoxy groups -OCH3 is 1. The molecule has 0 amide bonds. The van der Waals surface area contributed by atoms with Crippen molar-refractivity contribution >= 4 is 0 Å². The summed E-state index contributed by atoms with van der Waals surface area (Å²) in [5.74, 6) is 1.57. The van der Waals surface area contributed by atoms with E-state index < -0.39 is 0 Å². The Morgan fingerprint density at radius 3 is 2.50 bits per heavy atom. The lowest BCUT2D eigenvalue weighted by molar-refractivity contribution is 0.0542. The molecule has 0 aromatic heterocycles. The van der Waals surface area contributed by atoms with Gasteiger partial charge < -0.3 is 24.7 Å². The van der Waals surface area contributed by atoms with Gasteiger partial charge in [-0.2, -0.15) is 0 Å². The highest BCUT2D eigenvalue weighted by Gasteiger charge is 2.05. The van der Waals surface area contributed by atoms with Crippen LogP contribution in [0, 0.1) is 0 Å². The zero-order valence-electron chi connectivity index (χ0n) is 12.4. The van der Waals surface area contributed by atoms with Crippen LogP contribution < -0.4 is 15.2 Å². The van der Waals surface area contributed by atoms with E-state index in [1.807, 2.05) is 18.2 Å². The Morgan fingerprint density at radius 1 is 1.00 bits per heavy atom. The molecule has 20 heavy (non-hydrogen) atoms. The highest BCUT2D eigenvalue weighted by molar-refractivity contribution is 5.40. The Labute approximate surface area is 121 Å². The molecule has 0 saturated heterocycles. The molecule has 2 N–H and O–H groups in total. The Bertz CT molecular complexity index is 371. The van der Waals surface area contributed by atoms with Gasteiger partial charge in [0.2, 0.25) is 0 Å². The Balaban J connectivity index is 2.44. The van der Waals surface area contributed by atoms with Crippen molar-refractivity contribution in [1.29, 1.82) is 0 Å². The van der Waals surface area contributed by atoms with Gasteiger partial charge >= 0.3 is 0 Å². The van der Waals surface area contributed by atoms with Crippen molar-refractivity contribution in [3.8, 4) is 11.5 Å². The zero-order valence-corrected chi connectivity index (χ0v) is 12.4. The Morgan fingerprint density at radius 2 is 1.80 bits per heavy atom. The van der Waals surface area contributed by atoms with E-state index in [-0.39, 0.29) is 0 Å². The highest BCUT2D eigenvalue weighted by Crippen LogP contribution is 2.24. The number of rotatable bonds is 11. The number of hydrogen-bond acceptors (Lipinski definition) is 5. The first-order valence-corrected chi connectivity index (χ1v) is 6.97. The lowest BCUT2D eigenvalue weighted by Gasteiger charge is -2.13. The maximum absolute atomic E-state index is 5.70. The first-order chi connectivity index (χ1) is 9.81. The van der Waals surface area contributed by atoms with Crippen molar-refractivity contribution in [1.82, 2.24) is 0 Å². The standard InChI is InChI=1S/C15H25NO4/c1-3-6-19-14-5-4-13(12-16)15(11-14)20-10-9-18-8-7-17-2/h4-5,11H,3,6-10,12,16H2,1-2H3. The fourth-order valence-corrected chi connectivity index (χ4v) is 1.60. The van der Waals surface area contributed by atoms with Crippen LogP contribution in [0.2, 0.25) is 0 Å². The predicted molar refractivity (Wildman–Crippen MR) is 78.3 cm³/mol. The van der Waals surface area contributed by atoms with Gasteiger partial charge in [-0.15, -0.1) is 0 Å². The summed E-state index contributed by atoms with van der Waals surface area (Å²) < 4.78 is 21.5. The van der Waals surface area contributed by atoms with Gasteiger partial charge in [-0.05, 0) is 12.5 Å². The fraction of sp³-hybridized carbons (Fsp3) is 0.600. The summed E-state index contributed by atoms with van der Waals surface area (Å²) in [5, 5.41) is 0. The third-order valence-corrected chi connectivity index (χ3v) is 2.65. The lowest BCUT2D eigenvalue weighted by atomic mass is 10.2. The van der Waals surface area contributed by atoms with Gasteiger partial charge in [0.05, 0.1) is 26.4 Å². The summed E-state index contributed by atoms with van der Waals surface area (Å²) in [5.41, 5.74) is 6.67. The Kier molecular flexibility index (Phi) is 8.78. The van der Waals surface area contributed by atoms with E-state index in [2.05, 4.69) is 6.92 Å². The molecule has 0 aliphatic rings. The second-order valence-corrected chi connectivity index (χ2v) is 4.28. The SMILES string of the molecule is CCCOc1ccc(CN)c(OCCOCCOC)c1. The average Bonchev–Trinajstić information content (AvgIpc) is 2.48. The van der Waals surface area contributed by atoms with Crippen LogP contribution in [0.3, 0.4) is 0 Å². The predicted octanol–water partition coefficient (Wildman–Crippen LogP) is 1.98. The summed E-state index contributed by atoms with van der Waals surface area (Å²) in [6.07, 6.45) is 0.974. The minimum atomic E-state index is 0.438. The molecule has 114 valence electrons. The molecule has 0 fully saturated rings. The molecule has 0 saturated carbocycles. The van der Waals surface area contributed by atoms with Crippen molar-refractivity contribution < 1.29 is 18.9 Å². The maximum Gasteiger partial charge on any atom is 0.127 e. The average molecular weight is 283 g/mol. The van der Waals surface area contributed by atoms with Gasteiger partial charge in [-0.1, -0.05) is 13.0 Å². The van der Waals surface area contributed by atoms with Crippen LogP contribution >= 0.6 is 0 Å². The fourth-order valence-electron chi connectivity index (χ4n) is 1.60. The molecule has 0 bridgehead atoms. The number of benzene rings is 1. The van der Waals surface area contributed by atoms with Crippen LogP contribution in [-0.2, 0) is 16.0 Å². The molecule has 0 aliphatic carbocycles. The van der Waals surface area contributed by atoms with Crippen LogP contribution in [0.15, 0.2) is 18.2 Å². The second-order valence-electron chi connectivity index (χ2n) is 4.28. The van der Waals surface area contributed by atoms with Crippen LogP contribution in [0.5, 0.6) is 11.5 Å². The summed E-state index contributed by atoms with van der Waals surface area (Å²) in [4.78, 5) is 0. The molecule has 1 rings (SSSR count). The normalized spacial score (nSPS) is 10.6. The smallest absolute Gasteiger partial charge is 0.127 e. The van der Waals surface area contributed by atoms with Crippen molar-refractivity contribution in [3.63, 3.8) is 0 Å². The highest BCUT2D eigenvalue weighted by atomic mass is 16.5. The minimum Gasteiger partial charge on any atom is -0.493 e. The minimum absolute atomic E-state index is 0.438. The lowest BCUT2D eigenvalue weighted by Crippen LogP contribution is -2.11. The number of hydrogen-bond donors (Lipinski definition) is 1. The molecule has 1 aromatic carbocycles. The van der Waals surface area contributed by atoms with Crippen LogP contribution in [0.4, 0.5) is 0 Å².